The largest absolute Gasteiger partial charge is 0.496 e. The van der Waals surface area contributed by atoms with Crippen molar-refractivity contribution >= 4 is 41.7 Å². The van der Waals surface area contributed by atoms with E-state index in [9.17, 15) is 0 Å². The Labute approximate surface area is 161 Å². The first kappa shape index (κ1) is 20.4. The summed E-state index contributed by atoms with van der Waals surface area (Å²) in [5, 5.41) is 6.80. The standard InChI is InChI=1S/C17H27N3OS.HI/c1-13(10-19-17(18-2)20-11-14-8-9-14)12-22-16-7-5-4-6-15(16)21-3;/h4-7,13-14H,8-12H2,1-3H3,(H2,18,19,20);1H. The van der Waals surface area contributed by atoms with Crippen molar-refractivity contribution in [3.8, 4) is 5.75 Å². The van der Waals surface area contributed by atoms with E-state index in [1.165, 1.54) is 17.7 Å². The van der Waals surface area contributed by atoms with Gasteiger partial charge in [-0.15, -0.1) is 35.7 Å². The maximum atomic E-state index is 5.39. The molecule has 0 aromatic heterocycles. The molecule has 1 aromatic rings. The number of thioether (sulfide) groups is 1. The number of nitrogens with zero attached hydrogens (tertiary/aromatic N) is 1. The van der Waals surface area contributed by atoms with Crippen LogP contribution in [0.3, 0.4) is 0 Å². The second kappa shape index (κ2) is 11.0. The molecule has 1 aliphatic rings. The highest BCUT2D eigenvalue weighted by Crippen LogP contribution is 2.30. The maximum Gasteiger partial charge on any atom is 0.190 e. The average molecular weight is 449 g/mol. The summed E-state index contributed by atoms with van der Waals surface area (Å²) >= 11 is 1.84. The van der Waals surface area contributed by atoms with Gasteiger partial charge in [0.1, 0.15) is 5.75 Å². The van der Waals surface area contributed by atoms with E-state index in [1.807, 2.05) is 30.9 Å². The number of aliphatic imine (C=N–C) groups is 1. The van der Waals surface area contributed by atoms with Crippen LogP contribution in [0.25, 0.3) is 0 Å². The molecule has 0 bridgehead atoms. The van der Waals surface area contributed by atoms with E-state index < -0.39 is 0 Å². The van der Waals surface area contributed by atoms with Crippen molar-refractivity contribution in [3.05, 3.63) is 24.3 Å². The predicted molar refractivity (Wildman–Crippen MR) is 110 cm³/mol. The van der Waals surface area contributed by atoms with Crippen molar-refractivity contribution in [2.24, 2.45) is 16.8 Å². The molecule has 0 amide bonds. The lowest BCUT2D eigenvalue weighted by Gasteiger charge is -2.16. The van der Waals surface area contributed by atoms with E-state index in [1.54, 1.807) is 7.11 Å². The van der Waals surface area contributed by atoms with Gasteiger partial charge in [-0.25, -0.2) is 0 Å². The molecule has 1 aromatic carbocycles. The maximum absolute atomic E-state index is 5.39. The SMILES string of the molecule is CN=C(NCC(C)CSc1ccccc1OC)NCC1CC1.I. The first-order valence-corrected chi connectivity index (χ1v) is 8.91. The molecule has 23 heavy (non-hydrogen) atoms. The van der Waals surface area contributed by atoms with Crippen LogP contribution in [0.4, 0.5) is 0 Å². The Hall–Kier alpha value is -0.630. The van der Waals surface area contributed by atoms with Gasteiger partial charge in [0.2, 0.25) is 0 Å². The van der Waals surface area contributed by atoms with Crippen LogP contribution in [0.2, 0.25) is 0 Å². The number of hydrogen-bond acceptors (Lipinski definition) is 3. The minimum Gasteiger partial charge on any atom is -0.496 e. The summed E-state index contributed by atoms with van der Waals surface area (Å²) in [6.07, 6.45) is 2.71. The van der Waals surface area contributed by atoms with Crippen molar-refractivity contribution in [3.63, 3.8) is 0 Å². The molecule has 4 nitrogen and oxygen atoms in total. The zero-order valence-electron chi connectivity index (χ0n) is 14.2. The predicted octanol–water partition coefficient (Wildman–Crippen LogP) is 3.62. The molecule has 1 unspecified atom stereocenters. The van der Waals surface area contributed by atoms with Crippen LogP contribution < -0.4 is 15.4 Å². The van der Waals surface area contributed by atoms with Gasteiger partial charge in [0.25, 0.3) is 0 Å². The number of para-hydroxylation sites is 1. The van der Waals surface area contributed by atoms with Gasteiger partial charge in [0.15, 0.2) is 5.96 Å². The molecule has 1 aliphatic carbocycles. The van der Waals surface area contributed by atoms with Gasteiger partial charge in [0.05, 0.1) is 7.11 Å². The fourth-order valence-electron chi connectivity index (χ4n) is 2.08. The zero-order chi connectivity index (χ0) is 15.8. The van der Waals surface area contributed by atoms with Gasteiger partial charge >= 0.3 is 0 Å². The van der Waals surface area contributed by atoms with E-state index in [4.69, 9.17) is 4.74 Å². The second-order valence-corrected chi connectivity index (χ2v) is 6.91. The monoisotopic (exact) mass is 449 g/mol. The van der Waals surface area contributed by atoms with Crippen LogP contribution in [0, 0.1) is 11.8 Å². The summed E-state index contributed by atoms with van der Waals surface area (Å²) in [5.74, 6) is 4.33. The molecule has 6 heteroatoms. The van der Waals surface area contributed by atoms with Crippen LogP contribution in [0.5, 0.6) is 5.75 Å². The Morgan fingerprint density at radius 1 is 1.35 bits per heavy atom. The first-order valence-electron chi connectivity index (χ1n) is 7.93. The van der Waals surface area contributed by atoms with E-state index in [0.29, 0.717) is 5.92 Å². The molecular formula is C17H28IN3OS. The number of ether oxygens (including phenoxy) is 1. The van der Waals surface area contributed by atoms with Crippen LogP contribution in [0.15, 0.2) is 34.2 Å². The summed E-state index contributed by atoms with van der Waals surface area (Å²) < 4.78 is 5.39. The van der Waals surface area contributed by atoms with Gasteiger partial charge in [0, 0.05) is 30.8 Å². The Morgan fingerprint density at radius 2 is 2.09 bits per heavy atom. The minimum absolute atomic E-state index is 0. The molecule has 1 fully saturated rings. The lowest BCUT2D eigenvalue weighted by Crippen LogP contribution is -2.40. The topological polar surface area (TPSA) is 45.7 Å². The molecule has 2 N–H and O–H groups in total. The molecule has 0 saturated heterocycles. The van der Waals surface area contributed by atoms with E-state index in [0.717, 1.165) is 36.5 Å². The lowest BCUT2D eigenvalue weighted by molar-refractivity contribution is 0.405. The van der Waals surface area contributed by atoms with Gasteiger partial charge in [-0.3, -0.25) is 4.99 Å². The van der Waals surface area contributed by atoms with Crippen molar-refractivity contribution < 1.29 is 4.74 Å². The van der Waals surface area contributed by atoms with Crippen LogP contribution in [-0.2, 0) is 0 Å². The minimum atomic E-state index is 0. The summed E-state index contributed by atoms with van der Waals surface area (Å²) in [5.41, 5.74) is 0. The summed E-state index contributed by atoms with van der Waals surface area (Å²) in [7, 11) is 3.55. The molecule has 1 saturated carbocycles. The summed E-state index contributed by atoms with van der Waals surface area (Å²) in [6, 6.07) is 8.18. The third-order valence-electron chi connectivity index (χ3n) is 3.69. The summed E-state index contributed by atoms with van der Waals surface area (Å²) in [4.78, 5) is 5.47. The van der Waals surface area contributed by atoms with Gasteiger partial charge in [-0.05, 0) is 36.8 Å². The number of hydrogen-bond donors (Lipinski definition) is 2. The third-order valence-corrected chi connectivity index (χ3v) is 5.07. The number of nitrogens with one attached hydrogen (secondary N) is 2. The van der Waals surface area contributed by atoms with Gasteiger partial charge in [-0.2, -0.15) is 0 Å². The molecular weight excluding hydrogens is 421 g/mol. The fourth-order valence-corrected chi connectivity index (χ4v) is 3.13. The normalized spacial score (nSPS) is 15.5. The van der Waals surface area contributed by atoms with Gasteiger partial charge < -0.3 is 15.4 Å². The quantitative estimate of drug-likeness (QED) is 0.276. The van der Waals surface area contributed by atoms with Crippen molar-refractivity contribution in [1.82, 2.24) is 10.6 Å². The smallest absolute Gasteiger partial charge is 0.190 e. The summed E-state index contributed by atoms with van der Waals surface area (Å²) in [6.45, 7) is 4.22. The highest BCUT2D eigenvalue weighted by Gasteiger charge is 2.21. The van der Waals surface area contributed by atoms with E-state index in [-0.39, 0.29) is 24.0 Å². The van der Waals surface area contributed by atoms with Gasteiger partial charge in [-0.1, -0.05) is 19.1 Å². The van der Waals surface area contributed by atoms with E-state index >= 15 is 0 Å². The third kappa shape index (κ3) is 7.65. The Kier molecular flexibility index (Phi) is 9.78. The molecule has 0 spiro atoms. The molecule has 2 rings (SSSR count). The highest BCUT2D eigenvalue weighted by atomic mass is 127. The van der Waals surface area contributed by atoms with Crippen LogP contribution in [-0.4, -0.2) is 39.0 Å². The molecule has 130 valence electrons. The molecule has 0 heterocycles. The molecule has 0 radical (unpaired) electrons. The molecule has 0 aliphatic heterocycles. The Bertz CT molecular complexity index is 494. The van der Waals surface area contributed by atoms with Crippen molar-refractivity contribution in [2.45, 2.75) is 24.7 Å². The highest BCUT2D eigenvalue weighted by molar-refractivity contribution is 14.0. The van der Waals surface area contributed by atoms with Crippen LogP contribution in [0.1, 0.15) is 19.8 Å². The van der Waals surface area contributed by atoms with Crippen molar-refractivity contribution in [2.75, 3.05) is 33.0 Å². The number of halogens is 1. The van der Waals surface area contributed by atoms with E-state index in [2.05, 4.69) is 34.7 Å². The Morgan fingerprint density at radius 3 is 2.74 bits per heavy atom. The van der Waals surface area contributed by atoms with Crippen molar-refractivity contribution in [1.29, 1.82) is 0 Å². The number of benzene rings is 1. The Balaban J connectivity index is 0.00000264. The number of guanidine groups is 1. The first-order chi connectivity index (χ1) is 10.7. The second-order valence-electron chi connectivity index (χ2n) is 5.84. The lowest BCUT2D eigenvalue weighted by atomic mass is 10.2. The number of rotatable bonds is 8. The average Bonchev–Trinajstić information content (AvgIpc) is 3.37. The molecule has 1 atom stereocenters. The number of methoxy groups -OCH3 is 1. The zero-order valence-corrected chi connectivity index (χ0v) is 17.3. The van der Waals surface area contributed by atoms with Crippen LogP contribution >= 0.6 is 35.7 Å². The fraction of sp³-hybridized carbons (Fsp3) is 0.588.